The third-order valence-corrected chi connectivity index (χ3v) is 7.72. The Labute approximate surface area is 224 Å². The number of hydrogen-bond donors (Lipinski definition) is 1. The van der Waals surface area contributed by atoms with Gasteiger partial charge in [0.1, 0.15) is 5.65 Å². The highest BCUT2D eigenvalue weighted by molar-refractivity contribution is 7.87. The van der Waals surface area contributed by atoms with Crippen LogP contribution in [0.15, 0.2) is 72.9 Å². The maximum absolute atomic E-state index is 12.4. The van der Waals surface area contributed by atoms with E-state index in [-0.39, 0.29) is 17.6 Å². The molecule has 0 saturated carbocycles. The van der Waals surface area contributed by atoms with Gasteiger partial charge < -0.3 is 9.50 Å². The summed E-state index contributed by atoms with van der Waals surface area (Å²) < 4.78 is 32.1. The lowest BCUT2D eigenvalue weighted by atomic mass is 10.1. The second-order valence-electron chi connectivity index (χ2n) is 10.0. The SMILES string of the molecule is CC(C)C(=O)Nc1ccc(-c2nc3ccc(OS(=O)(=O)C(C)C)cn3c2CN(C)Cc2ccccc2)cc1. The van der Waals surface area contributed by atoms with Gasteiger partial charge in [-0.05, 0) is 50.7 Å². The summed E-state index contributed by atoms with van der Waals surface area (Å²) >= 11 is 0. The molecule has 2 aromatic heterocycles. The molecular formula is C29H34N4O4S. The van der Waals surface area contributed by atoms with Crippen molar-refractivity contribution >= 4 is 27.4 Å². The molecule has 4 aromatic rings. The molecule has 4 rings (SSSR count). The lowest BCUT2D eigenvalue weighted by molar-refractivity contribution is -0.118. The Morgan fingerprint density at radius 3 is 2.29 bits per heavy atom. The van der Waals surface area contributed by atoms with Crippen LogP contribution in [0.4, 0.5) is 5.69 Å². The first-order valence-electron chi connectivity index (χ1n) is 12.6. The van der Waals surface area contributed by atoms with Gasteiger partial charge in [0, 0.05) is 30.3 Å². The molecule has 0 fully saturated rings. The van der Waals surface area contributed by atoms with E-state index >= 15 is 0 Å². The number of carbonyl (C=O) groups is 1. The van der Waals surface area contributed by atoms with Crippen LogP contribution in [0, 0.1) is 5.92 Å². The minimum Gasteiger partial charge on any atom is -0.381 e. The minimum atomic E-state index is -3.74. The molecule has 0 bridgehead atoms. The molecular weight excluding hydrogens is 500 g/mol. The van der Waals surface area contributed by atoms with Crippen LogP contribution in [0.1, 0.15) is 39.0 Å². The van der Waals surface area contributed by atoms with Gasteiger partial charge >= 0.3 is 10.1 Å². The standard InChI is InChI=1S/C29H34N4O4S/c1-20(2)29(34)30-24-13-11-23(12-14-24)28-26(19-32(5)17-22-9-7-6-8-10-22)33-18-25(15-16-27(33)31-28)37-38(35,36)21(3)4/h6-16,18,20-21H,17,19H2,1-5H3,(H,30,34). The van der Waals surface area contributed by atoms with Crippen molar-refractivity contribution in [1.82, 2.24) is 14.3 Å². The summed E-state index contributed by atoms with van der Waals surface area (Å²) in [5.74, 6) is 0.0715. The second-order valence-corrected chi connectivity index (χ2v) is 12.1. The summed E-state index contributed by atoms with van der Waals surface area (Å²) in [6.45, 7) is 8.15. The van der Waals surface area contributed by atoms with Crippen molar-refractivity contribution in [3.05, 3.63) is 84.2 Å². The van der Waals surface area contributed by atoms with Crippen molar-refractivity contribution in [2.24, 2.45) is 5.92 Å². The van der Waals surface area contributed by atoms with E-state index in [4.69, 9.17) is 9.17 Å². The first-order chi connectivity index (χ1) is 18.0. The van der Waals surface area contributed by atoms with Crippen LogP contribution in [-0.4, -0.2) is 40.9 Å². The highest BCUT2D eigenvalue weighted by Crippen LogP contribution is 2.29. The van der Waals surface area contributed by atoms with E-state index in [9.17, 15) is 13.2 Å². The van der Waals surface area contributed by atoms with Crippen LogP contribution < -0.4 is 9.50 Å². The molecule has 200 valence electrons. The highest BCUT2D eigenvalue weighted by atomic mass is 32.2. The van der Waals surface area contributed by atoms with Gasteiger partial charge in [0.2, 0.25) is 5.91 Å². The van der Waals surface area contributed by atoms with Gasteiger partial charge in [-0.2, -0.15) is 8.42 Å². The molecule has 2 aromatic carbocycles. The molecule has 0 aliphatic rings. The Bertz CT molecular complexity index is 1510. The zero-order valence-electron chi connectivity index (χ0n) is 22.4. The fourth-order valence-electron chi connectivity index (χ4n) is 3.94. The Kier molecular flexibility index (Phi) is 8.18. The monoisotopic (exact) mass is 534 g/mol. The van der Waals surface area contributed by atoms with E-state index in [1.807, 2.05) is 67.8 Å². The second kappa shape index (κ2) is 11.4. The molecule has 0 unspecified atom stereocenters. The van der Waals surface area contributed by atoms with E-state index in [1.165, 1.54) is 5.56 Å². The van der Waals surface area contributed by atoms with Gasteiger partial charge in [-0.3, -0.25) is 14.1 Å². The third-order valence-electron chi connectivity index (χ3n) is 6.15. The number of fused-ring (bicyclic) bond motifs is 1. The zero-order chi connectivity index (χ0) is 27.4. The van der Waals surface area contributed by atoms with E-state index < -0.39 is 15.4 Å². The van der Waals surface area contributed by atoms with Crippen LogP contribution >= 0.6 is 0 Å². The fraction of sp³-hybridized carbons (Fsp3) is 0.310. The van der Waals surface area contributed by atoms with Crippen molar-refractivity contribution in [2.75, 3.05) is 12.4 Å². The summed E-state index contributed by atoms with van der Waals surface area (Å²) in [4.78, 5) is 19.2. The highest BCUT2D eigenvalue weighted by Gasteiger charge is 2.21. The minimum absolute atomic E-state index is 0.0439. The number of anilines is 1. The molecule has 0 aliphatic heterocycles. The molecule has 0 radical (unpaired) electrons. The lowest BCUT2D eigenvalue weighted by Crippen LogP contribution is -2.20. The number of nitrogens with zero attached hydrogens (tertiary/aromatic N) is 3. The Morgan fingerprint density at radius 2 is 1.66 bits per heavy atom. The lowest BCUT2D eigenvalue weighted by Gasteiger charge is -2.18. The molecule has 9 heteroatoms. The van der Waals surface area contributed by atoms with Crippen LogP contribution in [0.5, 0.6) is 5.75 Å². The summed E-state index contributed by atoms with van der Waals surface area (Å²) in [7, 11) is -1.71. The number of pyridine rings is 1. The van der Waals surface area contributed by atoms with E-state index in [1.54, 1.807) is 32.2 Å². The predicted octanol–water partition coefficient (Wildman–Crippen LogP) is 5.34. The van der Waals surface area contributed by atoms with Crippen molar-refractivity contribution in [3.8, 4) is 17.0 Å². The molecule has 1 N–H and O–H groups in total. The third kappa shape index (κ3) is 6.41. The van der Waals surface area contributed by atoms with Gasteiger partial charge in [0.25, 0.3) is 0 Å². The fourth-order valence-corrected chi connectivity index (χ4v) is 4.50. The molecule has 1 amide bonds. The Balaban J connectivity index is 1.72. The van der Waals surface area contributed by atoms with Crippen molar-refractivity contribution in [2.45, 2.75) is 46.0 Å². The molecule has 2 heterocycles. The van der Waals surface area contributed by atoms with Crippen LogP contribution in [0.2, 0.25) is 0 Å². The number of rotatable bonds is 10. The topological polar surface area (TPSA) is 93.0 Å². The predicted molar refractivity (Wildman–Crippen MR) is 150 cm³/mol. The summed E-state index contributed by atoms with van der Waals surface area (Å²) in [6.07, 6.45) is 1.68. The number of benzene rings is 2. The molecule has 8 nitrogen and oxygen atoms in total. The van der Waals surface area contributed by atoms with Gasteiger partial charge in [0.05, 0.1) is 22.8 Å². The smallest absolute Gasteiger partial charge is 0.311 e. The van der Waals surface area contributed by atoms with E-state index in [0.29, 0.717) is 17.9 Å². The maximum atomic E-state index is 12.4. The van der Waals surface area contributed by atoms with Crippen molar-refractivity contribution in [1.29, 1.82) is 0 Å². The first kappa shape index (κ1) is 27.3. The molecule has 38 heavy (non-hydrogen) atoms. The van der Waals surface area contributed by atoms with Crippen LogP contribution in [-0.2, 0) is 28.0 Å². The summed E-state index contributed by atoms with van der Waals surface area (Å²) in [5, 5.41) is 2.25. The average Bonchev–Trinajstić information content (AvgIpc) is 3.22. The molecule has 0 spiro atoms. The van der Waals surface area contributed by atoms with Crippen molar-refractivity contribution in [3.63, 3.8) is 0 Å². The van der Waals surface area contributed by atoms with E-state index in [0.717, 1.165) is 23.5 Å². The zero-order valence-corrected chi connectivity index (χ0v) is 23.2. The van der Waals surface area contributed by atoms with Gasteiger partial charge in [-0.25, -0.2) is 4.98 Å². The molecule has 0 atom stereocenters. The number of amides is 1. The number of imidazole rings is 1. The number of nitrogens with one attached hydrogen (secondary N) is 1. The largest absolute Gasteiger partial charge is 0.381 e. The maximum Gasteiger partial charge on any atom is 0.311 e. The average molecular weight is 535 g/mol. The summed E-state index contributed by atoms with van der Waals surface area (Å²) in [5.41, 5.74) is 5.13. The number of carbonyl (C=O) groups excluding carboxylic acids is 1. The summed E-state index contributed by atoms with van der Waals surface area (Å²) in [6, 6.07) is 21.1. The molecule has 0 aliphatic carbocycles. The van der Waals surface area contributed by atoms with E-state index in [2.05, 4.69) is 22.3 Å². The van der Waals surface area contributed by atoms with Gasteiger partial charge in [-0.1, -0.05) is 56.3 Å². The number of aromatic nitrogens is 2. The van der Waals surface area contributed by atoms with Gasteiger partial charge in [-0.15, -0.1) is 0 Å². The normalized spacial score (nSPS) is 12.0. The molecule has 0 saturated heterocycles. The van der Waals surface area contributed by atoms with Crippen LogP contribution in [0.3, 0.4) is 0 Å². The quantitative estimate of drug-likeness (QED) is 0.276. The van der Waals surface area contributed by atoms with Crippen molar-refractivity contribution < 1.29 is 17.4 Å². The van der Waals surface area contributed by atoms with Crippen LogP contribution in [0.25, 0.3) is 16.9 Å². The first-order valence-corrected chi connectivity index (χ1v) is 14.1. The Hall–Kier alpha value is -3.69. The Morgan fingerprint density at radius 1 is 0.974 bits per heavy atom. The van der Waals surface area contributed by atoms with Gasteiger partial charge in [0.15, 0.2) is 5.75 Å². The number of hydrogen-bond acceptors (Lipinski definition) is 6.